The number of nitrogens with zero attached hydrogens (tertiary/aromatic N) is 2. The van der Waals surface area contributed by atoms with Gasteiger partial charge < -0.3 is 18.5 Å². The van der Waals surface area contributed by atoms with Crippen molar-refractivity contribution in [3.63, 3.8) is 0 Å². The molecule has 0 fully saturated rings. The van der Waals surface area contributed by atoms with Gasteiger partial charge in [-0.05, 0) is 61.4 Å². The third kappa shape index (κ3) is 4.61. The van der Waals surface area contributed by atoms with E-state index in [4.69, 9.17) is 18.9 Å². The van der Waals surface area contributed by atoms with Crippen LogP contribution in [-0.4, -0.2) is 29.2 Å². The molecule has 0 bridgehead atoms. The van der Waals surface area contributed by atoms with Crippen LogP contribution in [0.4, 0.5) is 0 Å². The maximum absolute atomic E-state index is 12.1. The average Bonchev–Trinajstić information content (AvgIpc) is 3.40. The maximum Gasteiger partial charge on any atom is 0.338 e. The van der Waals surface area contributed by atoms with Crippen LogP contribution in [0.5, 0.6) is 5.75 Å². The molecule has 160 valence electrons. The first-order valence-corrected chi connectivity index (χ1v) is 11.0. The van der Waals surface area contributed by atoms with Crippen molar-refractivity contribution in [2.75, 3.05) is 13.7 Å². The molecule has 6 nitrogen and oxygen atoms in total. The number of fused-ring (bicyclic) bond motifs is 1. The fourth-order valence-corrected chi connectivity index (χ4v) is 4.41. The number of ether oxygens (including phenoxy) is 2. The van der Waals surface area contributed by atoms with Crippen LogP contribution in [-0.2, 0) is 17.0 Å². The normalized spacial score (nSPS) is 11.1. The quantitative estimate of drug-likeness (QED) is 0.270. The zero-order chi connectivity index (χ0) is 21.8. The number of rotatable bonds is 8. The number of hydrogen-bond acceptors (Lipinski definition) is 6. The third-order valence-corrected chi connectivity index (χ3v) is 5.99. The minimum Gasteiger partial charge on any atom is -0.496 e. The first kappa shape index (κ1) is 21.1. The summed E-state index contributed by atoms with van der Waals surface area (Å²) in [6.07, 6.45) is 1.67. The number of carbonyl (C=O) groups excluding carboxylic acids is 1. The van der Waals surface area contributed by atoms with Crippen molar-refractivity contribution in [2.45, 2.75) is 31.3 Å². The van der Waals surface area contributed by atoms with Crippen LogP contribution in [0.2, 0.25) is 0 Å². The molecular weight excluding hydrogens is 412 g/mol. The Bertz CT molecular complexity index is 1200. The van der Waals surface area contributed by atoms with Crippen molar-refractivity contribution in [1.82, 2.24) is 9.55 Å². The fourth-order valence-electron chi connectivity index (χ4n) is 3.45. The molecule has 31 heavy (non-hydrogen) atoms. The zero-order valence-corrected chi connectivity index (χ0v) is 18.6. The molecule has 4 aromatic rings. The van der Waals surface area contributed by atoms with Crippen LogP contribution >= 0.6 is 11.8 Å². The predicted octanol–water partition coefficient (Wildman–Crippen LogP) is 5.46. The summed E-state index contributed by atoms with van der Waals surface area (Å²) >= 11 is 1.65. The van der Waals surface area contributed by atoms with Crippen LogP contribution < -0.4 is 4.74 Å². The number of methoxy groups -OCH3 is 1. The van der Waals surface area contributed by atoms with E-state index in [9.17, 15) is 4.79 Å². The number of aryl methyl sites for hydroxylation is 1. The Morgan fingerprint density at radius 2 is 2.06 bits per heavy atom. The lowest BCUT2D eigenvalue weighted by Crippen LogP contribution is -2.04. The molecule has 2 aromatic carbocycles. The molecule has 0 aliphatic rings. The highest BCUT2D eigenvalue weighted by molar-refractivity contribution is 7.98. The summed E-state index contributed by atoms with van der Waals surface area (Å²) < 4.78 is 18.2. The first-order valence-electron chi connectivity index (χ1n) is 10.0. The molecule has 2 heterocycles. The molecule has 4 rings (SSSR count). The maximum atomic E-state index is 12.1. The summed E-state index contributed by atoms with van der Waals surface area (Å²) in [6, 6.07) is 15.5. The van der Waals surface area contributed by atoms with Gasteiger partial charge in [0.2, 0.25) is 0 Å². The summed E-state index contributed by atoms with van der Waals surface area (Å²) in [7, 11) is 1.68. The van der Waals surface area contributed by atoms with Gasteiger partial charge in [-0.3, -0.25) is 0 Å². The number of thioether (sulfide) groups is 1. The number of imidazole rings is 1. The molecule has 0 saturated heterocycles. The molecule has 0 atom stereocenters. The molecule has 0 aliphatic carbocycles. The Morgan fingerprint density at radius 3 is 2.77 bits per heavy atom. The van der Waals surface area contributed by atoms with Gasteiger partial charge in [-0.2, -0.15) is 0 Å². The summed E-state index contributed by atoms with van der Waals surface area (Å²) in [4.78, 5) is 17.0. The Balaban J connectivity index is 1.66. The Kier molecular flexibility index (Phi) is 6.32. The van der Waals surface area contributed by atoms with Crippen molar-refractivity contribution < 1.29 is 18.7 Å². The smallest absolute Gasteiger partial charge is 0.338 e. The molecule has 2 aromatic heterocycles. The molecule has 0 N–H and O–H groups in total. The molecule has 0 radical (unpaired) electrons. The number of esters is 1. The van der Waals surface area contributed by atoms with Crippen LogP contribution in [0.15, 0.2) is 64.4 Å². The Morgan fingerprint density at radius 1 is 1.19 bits per heavy atom. The molecule has 0 saturated carbocycles. The molecule has 7 heteroatoms. The molecule has 0 spiro atoms. The fraction of sp³-hybridized carbons (Fsp3) is 0.250. The van der Waals surface area contributed by atoms with E-state index >= 15 is 0 Å². The third-order valence-electron chi connectivity index (χ3n) is 4.95. The van der Waals surface area contributed by atoms with Gasteiger partial charge in [0, 0.05) is 5.75 Å². The summed E-state index contributed by atoms with van der Waals surface area (Å²) in [5.41, 5.74) is 4.48. The van der Waals surface area contributed by atoms with E-state index in [1.807, 2.05) is 31.2 Å². The van der Waals surface area contributed by atoms with Gasteiger partial charge in [0.15, 0.2) is 5.16 Å². The van der Waals surface area contributed by atoms with Crippen molar-refractivity contribution in [3.8, 4) is 5.75 Å². The minimum atomic E-state index is -0.340. The van der Waals surface area contributed by atoms with E-state index in [1.54, 1.807) is 44.2 Å². The van der Waals surface area contributed by atoms with Crippen molar-refractivity contribution in [3.05, 3.63) is 77.2 Å². The van der Waals surface area contributed by atoms with Crippen molar-refractivity contribution in [2.24, 2.45) is 0 Å². The topological polar surface area (TPSA) is 66.5 Å². The number of carbonyl (C=O) groups is 1. The SMILES string of the molecule is CCOC(=O)c1ccc2c(c1)nc(SCc1ccc(OC)c(C)c1)n2Cc1ccco1. The second-order valence-corrected chi connectivity index (χ2v) is 8.02. The summed E-state index contributed by atoms with van der Waals surface area (Å²) in [5.74, 6) is 2.14. The van der Waals surface area contributed by atoms with Gasteiger partial charge in [0.1, 0.15) is 11.5 Å². The van der Waals surface area contributed by atoms with Gasteiger partial charge in [0.25, 0.3) is 0 Å². The van der Waals surface area contributed by atoms with Gasteiger partial charge in [-0.25, -0.2) is 9.78 Å². The van der Waals surface area contributed by atoms with Gasteiger partial charge in [-0.1, -0.05) is 23.9 Å². The Labute approximate surface area is 185 Å². The van der Waals surface area contributed by atoms with E-state index in [0.717, 1.165) is 39.0 Å². The summed E-state index contributed by atoms with van der Waals surface area (Å²) in [6.45, 7) is 4.73. The van der Waals surface area contributed by atoms with E-state index in [1.165, 1.54) is 5.56 Å². The van der Waals surface area contributed by atoms with E-state index in [2.05, 4.69) is 16.7 Å². The van der Waals surface area contributed by atoms with Crippen LogP contribution in [0, 0.1) is 6.92 Å². The van der Waals surface area contributed by atoms with Crippen LogP contribution in [0.3, 0.4) is 0 Å². The number of furan rings is 1. The monoisotopic (exact) mass is 436 g/mol. The lowest BCUT2D eigenvalue weighted by Gasteiger charge is -2.09. The van der Waals surface area contributed by atoms with Crippen LogP contribution in [0.1, 0.15) is 34.2 Å². The Hall–Kier alpha value is -3.19. The van der Waals surface area contributed by atoms with E-state index in [0.29, 0.717) is 18.7 Å². The molecule has 0 unspecified atom stereocenters. The van der Waals surface area contributed by atoms with Gasteiger partial charge in [0.05, 0.1) is 43.1 Å². The first-order chi connectivity index (χ1) is 15.1. The van der Waals surface area contributed by atoms with Gasteiger partial charge in [-0.15, -0.1) is 0 Å². The number of aromatic nitrogens is 2. The lowest BCUT2D eigenvalue weighted by atomic mass is 10.1. The molecule has 0 aliphatic heterocycles. The second kappa shape index (κ2) is 9.31. The van der Waals surface area contributed by atoms with Gasteiger partial charge >= 0.3 is 5.97 Å². The average molecular weight is 437 g/mol. The lowest BCUT2D eigenvalue weighted by molar-refractivity contribution is 0.0526. The molecular formula is C24H24N2O4S. The minimum absolute atomic E-state index is 0.339. The standard InChI is InChI=1S/C24H24N2O4S/c1-4-29-23(27)18-8-9-21-20(13-18)25-24(26(21)14-19-6-5-11-30-19)31-15-17-7-10-22(28-3)16(2)12-17/h5-13H,4,14-15H2,1-3H3. The predicted molar refractivity (Wildman–Crippen MR) is 121 cm³/mol. The zero-order valence-electron chi connectivity index (χ0n) is 17.8. The molecule has 0 amide bonds. The number of hydrogen-bond donors (Lipinski definition) is 0. The summed E-state index contributed by atoms with van der Waals surface area (Å²) in [5, 5.41) is 0.862. The van der Waals surface area contributed by atoms with Crippen LogP contribution in [0.25, 0.3) is 11.0 Å². The second-order valence-electron chi connectivity index (χ2n) is 7.08. The van der Waals surface area contributed by atoms with E-state index in [-0.39, 0.29) is 5.97 Å². The van der Waals surface area contributed by atoms with Crippen molar-refractivity contribution >= 4 is 28.8 Å². The highest BCUT2D eigenvalue weighted by Gasteiger charge is 2.16. The van der Waals surface area contributed by atoms with E-state index < -0.39 is 0 Å². The number of benzene rings is 2. The highest BCUT2D eigenvalue weighted by Crippen LogP contribution is 2.30. The highest BCUT2D eigenvalue weighted by atomic mass is 32.2. The largest absolute Gasteiger partial charge is 0.496 e. The van der Waals surface area contributed by atoms with Crippen molar-refractivity contribution in [1.29, 1.82) is 0 Å².